The molecule has 23 heavy (non-hydrogen) atoms. The lowest BCUT2D eigenvalue weighted by Gasteiger charge is -2.33. The number of rotatable bonds is 3. The second-order valence-corrected chi connectivity index (χ2v) is 6.88. The minimum absolute atomic E-state index is 0.354. The highest BCUT2D eigenvalue weighted by atomic mass is 16.5. The lowest BCUT2D eigenvalue weighted by molar-refractivity contribution is 0.160. The minimum Gasteiger partial charge on any atom is -0.496 e. The molecule has 2 fully saturated rings. The average Bonchev–Trinajstić information content (AvgIpc) is 3.19. The number of piperidine rings is 1. The number of methoxy groups -OCH3 is 1. The molecule has 2 aliphatic heterocycles. The van der Waals surface area contributed by atoms with Crippen LogP contribution in [-0.2, 0) is 0 Å². The normalized spacial score (nSPS) is 27.8. The summed E-state index contributed by atoms with van der Waals surface area (Å²) in [6, 6.07) is 8.55. The molecule has 5 nitrogen and oxygen atoms in total. The van der Waals surface area contributed by atoms with Crippen LogP contribution in [0.2, 0.25) is 0 Å². The molecule has 4 rings (SSSR count). The summed E-state index contributed by atoms with van der Waals surface area (Å²) in [5.41, 5.74) is 0.883. The Hall–Kier alpha value is -1.88. The van der Waals surface area contributed by atoms with Crippen LogP contribution in [0.3, 0.4) is 0 Å². The molecule has 1 aromatic carbocycles. The molecule has 0 amide bonds. The summed E-state index contributed by atoms with van der Waals surface area (Å²) in [7, 11) is 1.66. The topological polar surface area (TPSA) is 51.4 Å². The van der Waals surface area contributed by atoms with Crippen molar-refractivity contribution < 1.29 is 9.26 Å². The predicted molar refractivity (Wildman–Crippen MR) is 87.4 cm³/mol. The molecule has 0 spiro atoms. The molecule has 0 radical (unpaired) electrons. The van der Waals surface area contributed by atoms with Crippen molar-refractivity contribution in [2.45, 2.75) is 38.1 Å². The zero-order chi connectivity index (χ0) is 15.8. The third-order valence-electron chi connectivity index (χ3n) is 5.18. The molecule has 1 aromatic heterocycles. The van der Waals surface area contributed by atoms with E-state index in [9.17, 15) is 0 Å². The summed E-state index contributed by atoms with van der Waals surface area (Å²) in [6.45, 7) is 4.59. The first-order chi connectivity index (χ1) is 11.2. The van der Waals surface area contributed by atoms with Gasteiger partial charge in [-0.3, -0.25) is 4.90 Å². The van der Waals surface area contributed by atoms with E-state index in [2.05, 4.69) is 22.0 Å². The summed E-state index contributed by atoms with van der Waals surface area (Å²) in [5, 5.41) is 4.19. The molecule has 2 aromatic rings. The van der Waals surface area contributed by atoms with Gasteiger partial charge in [-0.15, -0.1) is 0 Å². The monoisotopic (exact) mass is 313 g/mol. The summed E-state index contributed by atoms with van der Waals surface area (Å²) in [6.07, 6.45) is 3.71. The van der Waals surface area contributed by atoms with Gasteiger partial charge in [0.25, 0.3) is 0 Å². The molecule has 3 heterocycles. The van der Waals surface area contributed by atoms with Gasteiger partial charge >= 0.3 is 0 Å². The van der Waals surface area contributed by atoms with E-state index in [4.69, 9.17) is 9.26 Å². The largest absolute Gasteiger partial charge is 0.496 e. The number of fused-ring (bicyclic) bond motifs is 1. The Morgan fingerprint density at radius 1 is 1.22 bits per heavy atom. The first kappa shape index (κ1) is 14.7. The predicted octanol–water partition coefficient (Wildman–Crippen LogP) is 3.33. The van der Waals surface area contributed by atoms with Crippen LogP contribution in [-0.4, -0.2) is 41.3 Å². The lowest BCUT2D eigenvalue weighted by Crippen LogP contribution is -2.38. The highest BCUT2D eigenvalue weighted by Gasteiger charge is 2.37. The zero-order valence-corrected chi connectivity index (χ0v) is 13.7. The molecule has 2 aliphatic rings. The first-order valence-electron chi connectivity index (χ1n) is 8.45. The van der Waals surface area contributed by atoms with Crippen LogP contribution in [0.15, 0.2) is 28.8 Å². The maximum atomic E-state index is 5.59. The second-order valence-electron chi connectivity index (χ2n) is 6.88. The Morgan fingerprint density at radius 2 is 2.09 bits per heavy atom. The number of hydrogen-bond donors (Lipinski definition) is 0. The van der Waals surface area contributed by atoms with E-state index in [0.29, 0.717) is 11.7 Å². The number of hydrogen-bond acceptors (Lipinski definition) is 5. The summed E-state index contributed by atoms with van der Waals surface area (Å²) in [5.74, 6) is 3.33. The fraction of sp³-hybridized carbons (Fsp3) is 0.556. The Bertz CT molecular complexity index is 684. The number of ether oxygens (including phenoxy) is 1. The minimum atomic E-state index is 0.354. The third kappa shape index (κ3) is 2.74. The molecule has 0 bridgehead atoms. The van der Waals surface area contributed by atoms with Crippen molar-refractivity contribution in [1.29, 1.82) is 0 Å². The van der Waals surface area contributed by atoms with E-state index in [0.717, 1.165) is 42.1 Å². The molecule has 122 valence electrons. The average molecular weight is 313 g/mol. The number of benzene rings is 1. The van der Waals surface area contributed by atoms with Crippen molar-refractivity contribution in [3.8, 4) is 17.1 Å². The Kier molecular flexibility index (Phi) is 3.81. The Balaban J connectivity index is 1.54. The number of nitrogens with zero attached hydrogens (tertiary/aromatic N) is 3. The van der Waals surface area contributed by atoms with E-state index in [-0.39, 0.29) is 0 Å². The van der Waals surface area contributed by atoms with Gasteiger partial charge in [0.1, 0.15) is 5.75 Å². The smallest absolute Gasteiger partial charge is 0.231 e. The summed E-state index contributed by atoms with van der Waals surface area (Å²) < 4.78 is 11.0. The van der Waals surface area contributed by atoms with Crippen molar-refractivity contribution in [2.75, 3.05) is 20.2 Å². The van der Waals surface area contributed by atoms with Crippen LogP contribution in [0, 0.1) is 5.92 Å². The van der Waals surface area contributed by atoms with Crippen LogP contribution >= 0.6 is 0 Å². The van der Waals surface area contributed by atoms with Gasteiger partial charge in [0.2, 0.25) is 11.7 Å². The Labute approximate surface area is 136 Å². The molecule has 0 N–H and O–H groups in total. The molecule has 0 saturated carbocycles. The molecule has 3 unspecified atom stereocenters. The van der Waals surface area contributed by atoms with Gasteiger partial charge in [0, 0.05) is 19.1 Å². The Morgan fingerprint density at radius 3 is 2.96 bits per heavy atom. The van der Waals surface area contributed by atoms with E-state index in [1.807, 2.05) is 24.3 Å². The molecule has 2 saturated heterocycles. The summed E-state index contributed by atoms with van der Waals surface area (Å²) in [4.78, 5) is 7.26. The lowest BCUT2D eigenvalue weighted by atomic mass is 9.92. The van der Waals surface area contributed by atoms with Crippen LogP contribution in [0.5, 0.6) is 5.75 Å². The van der Waals surface area contributed by atoms with E-state index >= 15 is 0 Å². The van der Waals surface area contributed by atoms with Gasteiger partial charge < -0.3 is 9.26 Å². The maximum Gasteiger partial charge on any atom is 0.231 e. The third-order valence-corrected chi connectivity index (χ3v) is 5.18. The van der Waals surface area contributed by atoms with Gasteiger partial charge in [-0.05, 0) is 37.3 Å². The van der Waals surface area contributed by atoms with Crippen LogP contribution < -0.4 is 4.74 Å². The van der Waals surface area contributed by atoms with Gasteiger partial charge in [0.15, 0.2) is 0 Å². The number of aromatic nitrogens is 2. The van der Waals surface area contributed by atoms with Gasteiger partial charge in [0.05, 0.1) is 18.6 Å². The SMILES string of the molecule is COc1ccccc1-c1noc(C2CCC3CC(C)CN3C2)n1. The standard InChI is InChI=1S/C18H23N3O2/c1-12-9-14-8-7-13(11-21(14)10-12)18-19-17(20-23-18)15-5-3-4-6-16(15)22-2/h3-6,12-14H,7-11H2,1-2H3. The molecular weight excluding hydrogens is 290 g/mol. The van der Waals surface area contributed by atoms with Gasteiger partial charge in [-0.2, -0.15) is 4.98 Å². The zero-order valence-electron chi connectivity index (χ0n) is 13.7. The van der Waals surface area contributed by atoms with Crippen LogP contribution in [0.25, 0.3) is 11.4 Å². The quantitative estimate of drug-likeness (QED) is 0.870. The van der Waals surface area contributed by atoms with Crippen molar-refractivity contribution in [3.05, 3.63) is 30.2 Å². The summed E-state index contributed by atoms with van der Waals surface area (Å²) >= 11 is 0. The second kappa shape index (κ2) is 5.96. The van der Waals surface area contributed by atoms with Crippen molar-refractivity contribution in [3.63, 3.8) is 0 Å². The van der Waals surface area contributed by atoms with Crippen LogP contribution in [0.1, 0.15) is 38.0 Å². The molecule has 0 aliphatic carbocycles. The fourth-order valence-corrected chi connectivity index (χ4v) is 4.07. The van der Waals surface area contributed by atoms with E-state index in [1.54, 1.807) is 7.11 Å². The molecular formula is C18H23N3O2. The highest BCUT2D eigenvalue weighted by Crippen LogP contribution is 2.37. The van der Waals surface area contributed by atoms with Gasteiger partial charge in [-0.1, -0.05) is 24.2 Å². The maximum absolute atomic E-state index is 5.59. The van der Waals surface area contributed by atoms with Crippen molar-refractivity contribution in [2.24, 2.45) is 5.92 Å². The van der Waals surface area contributed by atoms with Crippen LogP contribution in [0.4, 0.5) is 0 Å². The number of para-hydroxylation sites is 1. The molecule has 5 heteroatoms. The highest BCUT2D eigenvalue weighted by molar-refractivity contribution is 5.63. The van der Waals surface area contributed by atoms with Crippen molar-refractivity contribution in [1.82, 2.24) is 15.0 Å². The van der Waals surface area contributed by atoms with Crippen molar-refractivity contribution >= 4 is 0 Å². The fourth-order valence-electron chi connectivity index (χ4n) is 4.07. The first-order valence-corrected chi connectivity index (χ1v) is 8.45. The molecule has 3 atom stereocenters. The van der Waals surface area contributed by atoms with E-state index in [1.165, 1.54) is 19.4 Å². The van der Waals surface area contributed by atoms with E-state index < -0.39 is 0 Å². The van der Waals surface area contributed by atoms with Gasteiger partial charge in [-0.25, -0.2) is 0 Å².